The molecule has 0 aliphatic heterocycles. The molecule has 1 atom stereocenters. The summed E-state index contributed by atoms with van der Waals surface area (Å²) in [5.74, 6) is 0.0374. The zero-order valence-corrected chi connectivity index (χ0v) is 16.3. The van der Waals surface area contributed by atoms with E-state index in [0.29, 0.717) is 22.6 Å². The molecule has 4 N–H and O–H groups in total. The molecule has 8 nitrogen and oxygen atoms in total. The van der Waals surface area contributed by atoms with E-state index in [0.717, 1.165) is 20.9 Å². The Hall–Kier alpha value is -2.72. The highest BCUT2D eigenvalue weighted by molar-refractivity contribution is 8.00. The van der Waals surface area contributed by atoms with Gasteiger partial charge in [-0.25, -0.2) is 15.0 Å². The minimum Gasteiger partial charge on any atom is -0.368 e. The van der Waals surface area contributed by atoms with Crippen LogP contribution in [0.25, 0.3) is 21.4 Å². The fourth-order valence-corrected chi connectivity index (χ4v) is 4.53. The van der Waals surface area contributed by atoms with Gasteiger partial charge in [0, 0.05) is 5.69 Å². The number of carbonyl (C=O) groups is 1. The molecular weight excluding hydrogens is 382 g/mol. The number of aromatic nitrogens is 5. The van der Waals surface area contributed by atoms with Crippen molar-refractivity contribution in [2.24, 2.45) is 0 Å². The summed E-state index contributed by atoms with van der Waals surface area (Å²) < 4.78 is 1.10. The summed E-state index contributed by atoms with van der Waals surface area (Å²) in [4.78, 5) is 32.7. The van der Waals surface area contributed by atoms with Gasteiger partial charge in [0.2, 0.25) is 11.9 Å². The van der Waals surface area contributed by atoms with Gasteiger partial charge in [0.15, 0.2) is 5.65 Å². The SMILES string of the molecule is CC[C@@H](Sc1nc(N)nc2nc[nH]c12)C(=O)Nc1ccc2sc(C)nc2c1. The molecule has 138 valence electrons. The molecule has 0 radical (unpaired) electrons. The van der Waals surface area contributed by atoms with Crippen molar-refractivity contribution in [2.75, 3.05) is 11.1 Å². The smallest absolute Gasteiger partial charge is 0.237 e. The minimum atomic E-state index is -0.335. The normalized spacial score (nSPS) is 12.5. The molecule has 3 heterocycles. The second-order valence-electron chi connectivity index (χ2n) is 5.91. The quantitative estimate of drug-likeness (QED) is 0.347. The first-order valence-corrected chi connectivity index (χ1v) is 10.0. The van der Waals surface area contributed by atoms with E-state index in [2.05, 4.69) is 30.2 Å². The van der Waals surface area contributed by atoms with Crippen LogP contribution >= 0.6 is 23.1 Å². The molecule has 0 aliphatic rings. The Morgan fingerprint density at radius 1 is 1.37 bits per heavy atom. The molecular formula is C17H17N7OS2. The molecule has 0 saturated carbocycles. The lowest BCUT2D eigenvalue weighted by Gasteiger charge is -2.14. The number of nitrogen functional groups attached to an aromatic ring is 1. The van der Waals surface area contributed by atoms with Gasteiger partial charge >= 0.3 is 0 Å². The van der Waals surface area contributed by atoms with Gasteiger partial charge in [0.25, 0.3) is 0 Å². The van der Waals surface area contributed by atoms with E-state index in [-0.39, 0.29) is 17.1 Å². The van der Waals surface area contributed by atoms with Gasteiger partial charge in [0.05, 0.1) is 26.8 Å². The van der Waals surface area contributed by atoms with E-state index in [4.69, 9.17) is 5.73 Å². The van der Waals surface area contributed by atoms with Crippen LogP contribution < -0.4 is 11.1 Å². The summed E-state index contributed by atoms with van der Waals surface area (Å²) in [5.41, 5.74) is 8.55. The number of nitrogens with one attached hydrogen (secondary N) is 2. The standard InChI is InChI=1S/C17H17N7OS2/c1-3-11(27-16-13-14(20-7-19-13)23-17(18)24-16)15(25)22-9-4-5-12-10(6-9)21-8(2)26-12/h4-7,11H,3H2,1-2H3,(H,22,25)(H3,18,19,20,23,24)/t11-/m1/s1. The Morgan fingerprint density at radius 2 is 2.22 bits per heavy atom. The van der Waals surface area contributed by atoms with Crippen molar-refractivity contribution in [1.82, 2.24) is 24.9 Å². The molecule has 1 amide bonds. The largest absolute Gasteiger partial charge is 0.368 e. The molecule has 0 bridgehead atoms. The first-order chi connectivity index (χ1) is 13.0. The summed E-state index contributed by atoms with van der Waals surface area (Å²) in [7, 11) is 0. The molecule has 0 unspecified atom stereocenters. The molecule has 27 heavy (non-hydrogen) atoms. The Labute approximate surface area is 163 Å². The van der Waals surface area contributed by atoms with Crippen LogP contribution in [0.3, 0.4) is 0 Å². The highest BCUT2D eigenvalue weighted by Crippen LogP contribution is 2.30. The lowest BCUT2D eigenvalue weighted by molar-refractivity contribution is -0.115. The van der Waals surface area contributed by atoms with Gasteiger partial charge in [-0.1, -0.05) is 18.7 Å². The molecule has 0 fully saturated rings. The lowest BCUT2D eigenvalue weighted by Crippen LogP contribution is -2.24. The zero-order chi connectivity index (χ0) is 19.0. The molecule has 0 aliphatic carbocycles. The van der Waals surface area contributed by atoms with E-state index in [1.54, 1.807) is 11.3 Å². The van der Waals surface area contributed by atoms with E-state index in [9.17, 15) is 4.79 Å². The topological polar surface area (TPSA) is 122 Å². The van der Waals surface area contributed by atoms with Crippen molar-refractivity contribution in [2.45, 2.75) is 30.5 Å². The van der Waals surface area contributed by atoms with Gasteiger partial charge in [-0.05, 0) is 31.5 Å². The van der Waals surface area contributed by atoms with Crippen LogP contribution in [0.2, 0.25) is 0 Å². The van der Waals surface area contributed by atoms with Gasteiger partial charge in [-0.3, -0.25) is 4.79 Å². The number of thiazole rings is 1. The van der Waals surface area contributed by atoms with Crippen LogP contribution in [-0.2, 0) is 4.79 Å². The predicted molar refractivity (Wildman–Crippen MR) is 109 cm³/mol. The number of imidazole rings is 1. The summed E-state index contributed by atoms with van der Waals surface area (Å²) in [6.07, 6.45) is 2.17. The summed E-state index contributed by atoms with van der Waals surface area (Å²) in [5, 5.41) is 4.25. The monoisotopic (exact) mass is 399 g/mol. The fraction of sp³-hybridized carbons (Fsp3) is 0.235. The number of aromatic amines is 1. The van der Waals surface area contributed by atoms with E-state index in [1.165, 1.54) is 18.1 Å². The maximum absolute atomic E-state index is 12.8. The number of amides is 1. The number of fused-ring (bicyclic) bond motifs is 2. The van der Waals surface area contributed by atoms with Crippen molar-refractivity contribution in [3.05, 3.63) is 29.5 Å². The van der Waals surface area contributed by atoms with Crippen molar-refractivity contribution in [3.63, 3.8) is 0 Å². The summed E-state index contributed by atoms with van der Waals surface area (Å²) in [6, 6.07) is 5.76. The number of anilines is 2. The summed E-state index contributed by atoms with van der Waals surface area (Å²) >= 11 is 2.98. The number of carbonyl (C=O) groups excluding carboxylic acids is 1. The second kappa shape index (κ2) is 7.12. The minimum absolute atomic E-state index is 0.0985. The number of nitrogens with two attached hydrogens (primary N) is 1. The Morgan fingerprint density at radius 3 is 3.04 bits per heavy atom. The van der Waals surface area contributed by atoms with Gasteiger partial charge in [-0.2, -0.15) is 4.98 Å². The first-order valence-electron chi connectivity index (χ1n) is 8.35. The highest BCUT2D eigenvalue weighted by Gasteiger charge is 2.21. The van der Waals surface area contributed by atoms with Crippen molar-refractivity contribution in [3.8, 4) is 0 Å². The number of hydrogen-bond donors (Lipinski definition) is 3. The molecule has 4 aromatic rings. The van der Waals surface area contributed by atoms with Crippen LogP contribution in [0, 0.1) is 6.92 Å². The number of H-pyrrole nitrogens is 1. The van der Waals surface area contributed by atoms with Gasteiger partial charge in [0.1, 0.15) is 10.5 Å². The number of hydrogen-bond acceptors (Lipinski definition) is 8. The Balaban J connectivity index is 1.55. The Bertz CT molecular complexity index is 1140. The number of rotatable bonds is 5. The van der Waals surface area contributed by atoms with Gasteiger partial charge in [-0.15, -0.1) is 11.3 Å². The van der Waals surface area contributed by atoms with Crippen LogP contribution in [0.1, 0.15) is 18.4 Å². The van der Waals surface area contributed by atoms with Crippen LogP contribution in [0.15, 0.2) is 29.6 Å². The third-order valence-electron chi connectivity index (χ3n) is 3.95. The van der Waals surface area contributed by atoms with Gasteiger partial charge < -0.3 is 16.0 Å². The number of nitrogens with zero attached hydrogens (tertiary/aromatic N) is 4. The second-order valence-corrected chi connectivity index (χ2v) is 8.33. The average Bonchev–Trinajstić information content (AvgIpc) is 3.24. The molecule has 4 rings (SSSR count). The maximum Gasteiger partial charge on any atom is 0.237 e. The predicted octanol–water partition coefficient (Wildman–Crippen LogP) is 3.36. The third-order valence-corrected chi connectivity index (χ3v) is 6.25. The van der Waals surface area contributed by atoms with Crippen molar-refractivity contribution in [1.29, 1.82) is 0 Å². The van der Waals surface area contributed by atoms with Crippen molar-refractivity contribution >= 4 is 62.0 Å². The average molecular weight is 400 g/mol. The summed E-state index contributed by atoms with van der Waals surface area (Å²) in [6.45, 7) is 3.93. The lowest BCUT2D eigenvalue weighted by atomic mass is 10.2. The molecule has 1 aromatic carbocycles. The van der Waals surface area contributed by atoms with Crippen LogP contribution in [0.5, 0.6) is 0 Å². The fourth-order valence-electron chi connectivity index (χ4n) is 2.71. The van der Waals surface area contributed by atoms with Crippen LogP contribution in [-0.4, -0.2) is 36.1 Å². The first kappa shape index (κ1) is 17.7. The maximum atomic E-state index is 12.8. The van der Waals surface area contributed by atoms with Crippen molar-refractivity contribution < 1.29 is 4.79 Å². The zero-order valence-electron chi connectivity index (χ0n) is 14.7. The van der Waals surface area contributed by atoms with E-state index < -0.39 is 0 Å². The third kappa shape index (κ3) is 3.58. The number of thioether (sulfide) groups is 1. The van der Waals surface area contributed by atoms with Crippen LogP contribution in [0.4, 0.5) is 11.6 Å². The molecule has 10 heteroatoms. The highest BCUT2D eigenvalue weighted by atomic mass is 32.2. The Kier molecular flexibility index (Phi) is 4.66. The molecule has 3 aromatic heterocycles. The van der Waals surface area contributed by atoms with E-state index in [1.807, 2.05) is 32.0 Å². The molecule has 0 spiro atoms. The number of benzene rings is 1. The molecule has 0 saturated heterocycles. The number of aryl methyl sites for hydroxylation is 1. The van der Waals surface area contributed by atoms with E-state index >= 15 is 0 Å².